The second kappa shape index (κ2) is 4.13. The summed E-state index contributed by atoms with van der Waals surface area (Å²) in [4.78, 5) is 4.12. The van der Waals surface area contributed by atoms with Gasteiger partial charge in [0.25, 0.3) is 0 Å². The van der Waals surface area contributed by atoms with E-state index < -0.39 is 11.6 Å². The van der Waals surface area contributed by atoms with Crippen molar-refractivity contribution in [1.29, 1.82) is 0 Å². The zero-order valence-corrected chi connectivity index (χ0v) is 10.1. The molecule has 0 bridgehead atoms. The lowest BCUT2D eigenvalue weighted by molar-refractivity contribution is 0.432. The van der Waals surface area contributed by atoms with Crippen LogP contribution in [0.4, 0.5) is 4.39 Å². The number of oxazole rings is 1. The minimum atomic E-state index is -0.763. The van der Waals surface area contributed by atoms with E-state index in [-0.39, 0.29) is 16.7 Å². The molecule has 0 atom stereocenters. The summed E-state index contributed by atoms with van der Waals surface area (Å²) in [5, 5.41) is 18.7. The fraction of sp³-hybridized carbons (Fsp3) is 0. The van der Waals surface area contributed by atoms with E-state index in [2.05, 4.69) is 4.98 Å². The molecule has 0 aliphatic carbocycles. The Kier molecular flexibility index (Phi) is 2.57. The Hall–Kier alpha value is -2.27. The van der Waals surface area contributed by atoms with Crippen LogP contribution in [-0.4, -0.2) is 15.2 Å². The van der Waals surface area contributed by atoms with Crippen LogP contribution in [0.3, 0.4) is 0 Å². The number of nitrogens with zero attached hydrogens (tertiary/aromatic N) is 1. The summed E-state index contributed by atoms with van der Waals surface area (Å²) in [5.74, 6) is -1.14. The third-order valence-electron chi connectivity index (χ3n) is 2.65. The predicted molar refractivity (Wildman–Crippen MR) is 67.7 cm³/mol. The molecule has 0 aliphatic rings. The Labute approximate surface area is 111 Å². The molecule has 19 heavy (non-hydrogen) atoms. The third-order valence-corrected chi connectivity index (χ3v) is 2.95. The van der Waals surface area contributed by atoms with Gasteiger partial charge in [-0.3, -0.25) is 0 Å². The van der Waals surface area contributed by atoms with Gasteiger partial charge in [0.1, 0.15) is 11.3 Å². The molecule has 4 nitrogen and oxygen atoms in total. The largest absolute Gasteiger partial charge is 0.506 e. The van der Waals surface area contributed by atoms with Crippen molar-refractivity contribution < 1.29 is 19.0 Å². The number of phenolic OH excluding ortho intramolecular Hbond substituents is 2. The standard InChI is InChI=1S/C13H7ClFNO3/c14-7-4-12-9(5-11(7)18)16-13(19-12)6-1-2-10(17)8(15)3-6/h1-5,17-18H. The maximum Gasteiger partial charge on any atom is 0.227 e. The second-order valence-electron chi connectivity index (χ2n) is 3.96. The van der Waals surface area contributed by atoms with Gasteiger partial charge in [0.05, 0.1) is 5.02 Å². The van der Waals surface area contributed by atoms with Crippen molar-refractivity contribution in [3.05, 3.63) is 41.2 Å². The third kappa shape index (κ3) is 1.98. The van der Waals surface area contributed by atoms with Gasteiger partial charge in [-0.1, -0.05) is 11.6 Å². The summed E-state index contributed by atoms with van der Waals surface area (Å²) in [6.45, 7) is 0. The number of benzene rings is 2. The van der Waals surface area contributed by atoms with Crippen molar-refractivity contribution in [2.75, 3.05) is 0 Å². The molecular weight excluding hydrogens is 273 g/mol. The highest BCUT2D eigenvalue weighted by Crippen LogP contribution is 2.32. The minimum Gasteiger partial charge on any atom is -0.506 e. The summed E-state index contributed by atoms with van der Waals surface area (Å²) < 4.78 is 18.7. The molecule has 6 heteroatoms. The molecule has 1 aromatic heterocycles. The number of hydrogen-bond acceptors (Lipinski definition) is 4. The Balaban J connectivity index is 2.17. The van der Waals surface area contributed by atoms with Crippen molar-refractivity contribution in [1.82, 2.24) is 4.98 Å². The molecule has 0 amide bonds. The average molecular weight is 280 g/mol. The highest BCUT2D eigenvalue weighted by Gasteiger charge is 2.12. The Morgan fingerprint density at radius 1 is 1.11 bits per heavy atom. The van der Waals surface area contributed by atoms with Crippen molar-refractivity contribution in [2.24, 2.45) is 0 Å². The molecule has 0 fully saturated rings. The van der Waals surface area contributed by atoms with Crippen LogP contribution >= 0.6 is 11.6 Å². The quantitative estimate of drug-likeness (QED) is 0.713. The van der Waals surface area contributed by atoms with E-state index >= 15 is 0 Å². The fourth-order valence-corrected chi connectivity index (χ4v) is 1.86. The number of halogens is 2. The van der Waals surface area contributed by atoms with Crippen LogP contribution in [0.2, 0.25) is 5.02 Å². The first-order valence-electron chi connectivity index (χ1n) is 5.32. The monoisotopic (exact) mass is 279 g/mol. The number of fused-ring (bicyclic) bond motifs is 1. The molecular formula is C13H7ClFNO3. The molecule has 0 unspecified atom stereocenters. The van der Waals surface area contributed by atoms with Crippen molar-refractivity contribution >= 4 is 22.7 Å². The van der Waals surface area contributed by atoms with Gasteiger partial charge in [-0.2, -0.15) is 0 Å². The van der Waals surface area contributed by atoms with Gasteiger partial charge in [0.15, 0.2) is 17.1 Å². The zero-order valence-electron chi connectivity index (χ0n) is 9.39. The second-order valence-corrected chi connectivity index (χ2v) is 4.36. The maximum atomic E-state index is 13.3. The SMILES string of the molecule is Oc1ccc(-c2nc3cc(O)c(Cl)cc3o2)cc1F. The average Bonchev–Trinajstić information content (AvgIpc) is 2.76. The van der Waals surface area contributed by atoms with Gasteiger partial charge in [0, 0.05) is 17.7 Å². The predicted octanol–water partition coefficient (Wildman–Crippen LogP) is 3.70. The first-order valence-corrected chi connectivity index (χ1v) is 5.70. The number of aromatic hydroxyl groups is 2. The molecule has 96 valence electrons. The summed E-state index contributed by atoms with van der Waals surface area (Å²) in [5.41, 5.74) is 1.17. The van der Waals surface area contributed by atoms with Gasteiger partial charge in [-0.25, -0.2) is 9.37 Å². The normalized spacial score (nSPS) is 11.1. The summed E-state index contributed by atoms with van der Waals surface area (Å²) in [7, 11) is 0. The fourth-order valence-electron chi connectivity index (χ4n) is 1.70. The lowest BCUT2D eigenvalue weighted by Gasteiger charge is -1.97. The topological polar surface area (TPSA) is 66.5 Å². The van der Waals surface area contributed by atoms with Crippen molar-refractivity contribution in [2.45, 2.75) is 0 Å². The van der Waals surface area contributed by atoms with Crippen molar-refractivity contribution in [3.63, 3.8) is 0 Å². The zero-order chi connectivity index (χ0) is 13.6. The van der Waals surface area contributed by atoms with E-state index in [0.717, 1.165) is 6.07 Å². The molecule has 0 saturated heterocycles. The van der Waals surface area contributed by atoms with Crippen LogP contribution < -0.4 is 0 Å². The lowest BCUT2D eigenvalue weighted by atomic mass is 10.2. The van der Waals surface area contributed by atoms with Crippen LogP contribution in [0.1, 0.15) is 0 Å². The van der Waals surface area contributed by atoms with Crippen LogP contribution in [0.15, 0.2) is 34.7 Å². The van der Waals surface area contributed by atoms with Gasteiger partial charge in [-0.15, -0.1) is 0 Å². The number of hydrogen-bond donors (Lipinski definition) is 2. The molecule has 2 aromatic carbocycles. The Morgan fingerprint density at radius 3 is 2.63 bits per heavy atom. The van der Waals surface area contributed by atoms with Crippen LogP contribution in [0.25, 0.3) is 22.6 Å². The molecule has 3 rings (SSSR count). The first-order chi connectivity index (χ1) is 9.04. The number of aromatic nitrogens is 1. The van der Waals surface area contributed by atoms with E-state index in [4.69, 9.17) is 21.1 Å². The van der Waals surface area contributed by atoms with E-state index in [0.29, 0.717) is 16.7 Å². The highest BCUT2D eigenvalue weighted by molar-refractivity contribution is 6.32. The molecule has 0 radical (unpaired) electrons. The summed E-state index contributed by atoms with van der Waals surface area (Å²) >= 11 is 5.76. The van der Waals surface area contributed by atoms with Gasteiger partial charge < -0.3 is 14.6 Å². The smallest absolute Gasteiger partial charge is 0.227 e. The van der Waals surface area contributed by atoms with Crippen LogP contribution in [0, 0.1) is 5.82 Å². The number of phenols is 2. The Morgan fingerprint density at radius 2 is 1.89 bits per heavy atom. The van der Waals surface area contributed by atoms with Crippen LogP contribution in [-0.2, 0) is 0 Å². The molecule has 0 aliphatic heterocycles. The highest BCUT2D eigenvalue weighted by atomic mass is 35.5. The van der Waals surface area contributed by atoms with E-state index in [1.807, 2.05) is 0 Å². The molecule has 1 heterocycles. The number of rotatable bonds is 1. The van der Waals surface area contributed by atoms with Crippen LogP contribution in [0.5, 0.6) is 11.5 Å². The van der Waals surface area contributed by atoms with Gasteiger partial charge >= 0.3 is 0 Å². The molecule has 0 saturated carbocycles. The van der Waals surface area contributed by atoms with Gasteiger partial charge in [0.2, 0.25) is 5.89 Å². The Bertz CT molecular complexity index is 746. The first kappa shape index (κ1) is 11.8. The maximum absolute atomic E-state index is 13.3. The molecule has 0 spiro atoms. The summed E-state index contributed by atoms with van der Waals surface area (Å²) in [6.07, 6.45) is 0. The molecule has 2 N–H and O–H groups in total. The van der Waals surface area contributed by atoms with E-state index in [1.54, 1.807) is 0 Å². The van der Waals surface area contributed by atoms with E-state index in [9.17, 15) is 9.50 Å². The van der Waals surface area contributed by atoms with Crippen molar-refractivity contribution in [3.8, 4) is 23.0 Å². The van der Waals surface area contributed by atoms with E-state index in [1.165, 1.54) is 24.3 Å². The summed E-state index contributed by atoms with van der Waals surface area (Å²) in [6, 6.07) is 6.59. The lowest BCUT2D eigenvalue weighted by Crippen LogP contribution is -1.80. The van der Waals surface area contributed by atoms with Gasteiger partial charge in [-0.05, 0) is 18.2 Å². The molecule has 3 aromatic rings. The minimum absolute atomic E-state index is 0.106.